The maximum atomic E-state index is 6.32. The molecule has 1 aliphatic carbocycles. The fraction of sp³-hybridized carbons (Fsp3) is 0.0448. The molecule has 13 aromatic rings. The van der Waals surface area contributed by atoms with E-state index in [4.69, 9.17) is 4.42 Å². The van der Waals surface area contributed by atoms with Gasteiger partial charge in [0.15, 0.2) is 0 Å². The Bertz CT molecular complexity index is 4160. The maximum Gasteiger partial charge on any atom is 0.135 e. The van der Waals surface area contributed by atoms with Crippen molar-refractivity contribution in [2.24, 2.45) is 0 Å². The molecule has 0 fully saturated rings. The minimum atomic E-state index is -0.0654. The average Bonchev–Trinajstić information content (AvgIpc) is 3.88. The lowest BCUT2D eigenvalue weighted by molar-refractivity contribution is 0.660. The van der Waals surface area contributed by atoms with E-state index >= 15 is 0 Å². The molecule has 1 heteroatoms. The molecule has 12 aromatic carbocycles. The van der Waals surface area contributed by atoms with Crippen molar-refractivity contribution in [1.29, 1.82) is 0 Å². The second kappa shape index (κ2) is 14.7. The van der Waals surface area contributed by atoms with Crippen LogP contribution in [0.5, 0.6) is 0 Å². The molecule has 0 saturated heterocycles. The Morgan fingerprint density at radius 1 is 0.265 bits per heavy atom. The first-order valence-electron chi connectivity index (χ1n) is 23.7. The predicted molar refractivity (Wildman–Crippen MR) is 288 cm³/mol. The molecule has 1 aromatic heterocycles. The summed E-state index contributed by atoms with van der Waals surface area (Å²) >= 11 is 0. The van der Waals surface area contributed by atoms with Crippen LogP contribution in [-0.2, 0) is 5.41 Å². The molecular weight excluding hydrogens is 821 g/mol. The van der Waals surface area contributed by atoms with Crippen molar-refractivity contribution in [1.82, 2.24) is 0 Å². The fourth-order valence-electron chi connectivity index (χ4n) is 11.9. The van der Waals surface area contributed by atoms with Crippen LogP contribution in [0.1, 0.15) is 25.0 Å². The van der Waals surface area contributed by atoms with Crippen LogP contribution in [0.3, 0.4) is 0 Å². The third-order valence-electron chi connectivity index (χ3n) is 15.1. The molecule has 0 aliphatic heterocycles. The Kier molecular flexibility index (Phi) is 8.40. The monoisotopic (exact) mass is 864 g/mol. The van der Waals surface area contributed by atoms with Crippen molar-refractivity contribution >= 4 is 65.0 Å². The van der Waals surface area contributed by atoms with Crippen LogP contribution in [0.2, 0.25) is 0 Å². The van der Waals surface area contributed by atoms with Crippen molar-refractivity contribution in [2.75, 3.05) is 0 Å². The third kappa shape index (κ3) is 5.69. The van der Waals surface area contributed by atoms with Crippen LogP contribution in [0, 0.1) is 0 Å². The molecular formula is C67H44O. The van der Waals surface area contributed by atoms with E-state index in [-0.39, 0.29) is 5.41 Å². The van der Waals surface area contributed by atoms with Crippen molar-refractivity contribution in [3.63, 3.8) is 0 Å². The lowest BCUT2D eigenvalue weighted by Crippen LogP contribution is -2.14. The molecule has 0 radical (unpaired) electrons. The molecule has 0 atom stereocenters. The van der Waals surface area contributed by atoms with Crippen LogP contribution in [0.15, 0.2) is 235 Å². The van der Waals surface area contributed by atoms with Gasteiger partial charge in [-0.2, -0.15) is 0 Å². The molecule has 0 saturated carbocycles. The summed E-state index contributed by atoms with van der Waals surface area (Å²) in [6.45, 7) is 4.71. The van der Waals surface area contributed by atoms with Crippen LogP contribution in [0.25, 0.3) is 132 Å². The van der Waals surface area contributed by atoms with Gasteiger partial charge in [0.05, 0.1) is 0 Å². The van der Waals surface area contributed by atoms with Gasteiger partial charge in [-0.1, -0.05) is 220 Å². The second-order valence-electron chi connectivity index (χ2n) is 19.1. The van der Waals surface area contributed by atoms with Crippen LogP contribution >= 0.6 is 0 Å². The standard InChI is InChI=1S/C67H44O/c1-67(2)60-27-11-9-17-51(60)58-39-44(34-37-61(58)67)47-23-13-24-48(45-35-38-63-59(40-45)52-18-10-12-28-62(52)68-63)64(47)42-29-31-43(32-30-42)65-54-19-5-7-21-56(54)66(57-22-8-6-20-55(57)65)53-26-14-25-49-46-16-4-3-15-41(46)33-36-50(49)53/h3-40H,1-2H3. The van der Waals surface area contributed by atoms with E-state index in [1.54, 1.807) is 0 Å². The van der Waals surface area contributed by atoms with Gasteiger partial charge in [-0.25, -0.2) is 0 Å². The minimum absolute atomic E-state index is 0.0654. The molecule has 68 heavy (non-hydrogen) atoms. The lowest BCUT2D eigenvalue weighted by Gasteiger charge is -2.22. The van der Waals surface area contributed by atoms with Crippen molar-refractivity contribution in [3.8, 4) is 66.8 Å². The highest BCUT2D eigenvalue weighted by Gasteiger charge is 2.35. The quantitative estimate of drug-likeness (QED) is 0.124. The van der Waals surface area contributed by atoms with Crippen LogP contribution in [0.4, 0.5) is 0 Å². The van der Waals surface area contributed by atoms with E-state index in [0.717, 1.165) is 27.5 Å². The minimum Gasteiger partial charge on any atom is -0.456 e. The normalized spacial score (nSPS) is 13.0. The summed E-state index contributed by atoms with van der Waals surface area (Å²) in [7, 11) is 0. The number of benzene rings is 12. The molecule has 1 nitrogen and oxygen atoms in total. The highest BCUT2D eigenvalue weighted by atomic mass is 16.3. The number of rotatable bonds is 5. The molecule has 0 unspecified atom stereocenters. The van der Waals surface area contributed by atoms with Crippen molar-refractivity contribution in [3.05, 3.63) is 242 Å². The summed E-state index contributed by atoms with van der Waals surface area (Å²) in [5.41, 5.74) is 19.3. The van der Waals surface area contributed by atoms with Crippen molar-refractivity contribution in [2.45, 2.75) is 19.3 Å². The zero-order valence-electron chi connectivity index (χ0n) is 37.8. The summed E-state index contributed by atoms with van der Waals surface area (Å²) in [5.74, 6) is 0. The van der Waals surface area contributed by atoms with E-state index in [1.807, 2.05) is 6.07 Å². The first-order valence-corrected chi connectivity index (χ1v) is 23.7. The van der Waals surface area contributed by atoms with E-state index in [0.29, 0.717) is 0 Å². The van der Waals surface area contributed by atoms with Gasteiger partial charge >= 0.3 is 0 Å². The molecule has 0 spiro atoms. The predicted octanol–water partition coefficient (Wildman–Crippen LogP) is 18.8. The van der Waals surface area contributed by atoms with Gasteiger partial charge in [-0.05, 0) is 145 Å². The zero-order chi connectivity index (χ0) is 45.1. The highest BCUT2D eigenvalue weighted by Crippen LogP contribution is 2.52. The van der Waals surface area contributed by atoms with Gasteiger partial charge in [-0.15, -0.1) is 0 Å². The Labute approximate surface area is 395 Å². The maximum absolute atomic E-state index is 6.32. The number of fused-ring (bicyclic) bond motifs is 11. The Hall–Kier alpha value is -8.52. The van der Waals surface area contributed by atoms with Crippen molar-refractivity contribution < 1.29 is 4.42 Å². The fourth-order valence-corrected chi connectivity index (χ4v) is 11.9. The Balaban J connectivity index is 0.971. The van der Waals surface area contributed by atoms with Gasteiger partial charge in [0.2, 0.25) is 0 Å². The number of para-hydroxylation sites is 1. The summed E-state index contributed by atoms with van der Waals surface area (Å²) in [6, 6.07) is 85.4. The SMILES string of the molecule is CC1(C)c2ccccc2-c2cc(-c3cccc(-c4ccc5oc6ccccc6c5c4)c3-c3ccc(-c4c5ccccc5c(-c5cccc6c5ccc5ccccc56)c5ccccc45)cc3)ccc21. The average molecular weight is 865 g/mol. The second-order valence-corrected chi connectivity index (χ2v) is 19.1. The summed E-state index contributed by atoms with van der Waals surface area (Å²) < 4.78 is 6.32. The van der Waals surface area contributed by atoms with Crippen LogP contribution < -0.4 is 0 Å². The largest absolute Gasteiger partial charge is 0.456 e. The highest BCUT2D eigenvalue weighted by molar-refractivity contribution is 6.25. The molecule has 14 rings (SSSR count). The van der Waals surface area contributed by atoms with Gasteiger partial charge in [0.1, 0.15) is 11.2 Å². The zero-order valence-corrected chi connectivity index (χ0v) is 37.8. The smallest absolute Gasteiger partial charge is 0.135 e. The summed E-state index contributed by atoms with van der Waals surface area (Å²) in [4.78, 5) is 0. The third-order valence-corrected chi connectivity index (χ3v) is 15.1. The van der Waals surface area contributed by atoms with Gasteiger partial charge in [-0.3, -0.25) is 0 Å². The van der Waals surface area contributed by atoms with Gasteiger partial charge in [0.25, 0.3) is 0 Å². The topological polar surface area (TPSA) is 13.1 Å². The van der Waals surface area contributed by atoms with E-state index in [2.05, 4.69) is 238 Å². The Morgan fingerprint density at radius 2 is 0.765 bits per heavy atom. The van der Waals surface area contributed by atoms with E-state index < -0.39 is 0 Å². The number of hydrogen-bond acceptors (Lipinski definition) is 1. The van der Waals surface area contributed by atoms with E-state index in [9.17, 15) is 0 Å². The van der Waals surface area contributed by atoms with Crippen LogP contribution in [-0.4, -0.2) is 0 Å². The first kappa shape index (κ1) is 38.7. The number of furan rings is 1. The molecule has 1 aliphatic rings. The summed E-state index contributed by atoms with van der Waals surface area (Å²) in [5, 5.41) is 12.3. The van der Waals surface area contributed by atoms with E-state index in [1.165, 1.54) is 115 Å². The molecule has 0 bridgehead atoms. The van der Waals surface area contributed by atoms with Gasteiger partial charge in [0, 0.05) is 16.2 Å². The van der Waals surface area contributed by atoms with Gasteiger partial charge < -0.3 is 4.42 Å². The lowest BCUT2D eigenvalue weighted by atomic mass is 9.81. The summed E-state index contributed by atoms with van der Waals surface area (Å²) in [6.07, 6.45) is 0. The first-order chi connectivity index (χ1) is 33.5. The molecule has 0 amide bonds. The molecule has 318 valence electrons. The molecule has 0 N–H and O–H groups in total. The number of hydrogen-bond donors (Lipinski definition) is 0. The Morgan fingerprint density at radius 3 is 1.51 bits per heavy atom. The molecule has 1 heterocycles.